The summed E-state index contributed by atoms with van der Waals surface area (Å²) >= 11 is 0.898. The molecule has 6 nitrogen and oxygen atoms in total. The Hall–Kier alpha value is -1.77. The first-order chi connectivity index (χ1) is 9.95. The van der Waals surface area contributed by atoms with Crippen molar-refractivity contribution < 1.29 is 18.3 Å². The summed E-state index contributed by atoms with van der Waals surface area (Å²) in [5.41, 5.74) is 0.636. The maximum Gasteiger partial charge on any atom is 0.345 e. The van der Waals surface area contributed by atoms with Crippen LogP contribution in [-0.2, 0) is 16.6 Å². The van der Waals surface area contributed by atoms with Crippen LogP contribution in [0.2, 0.25) is 0 Å². The van der Waals surface area contributed by atoms with Gasteiger partial charge in [-0.1, -0.05) is 13.0 Å². The Bertz CT molecular complexity index is 726. The highest BCUT2D eigenvalue weighted by Crippen LogP contribution is 2.23. The van der Waals surface area contributed by atoms with Gasteiger partial charge in [-0.25, -0.2) is 13.2 Å². The van der Waals surface area contributed by atoms with E-state index in [1.54, 1.807) is 31.3 Å². The van der Waals surface area contributed by atoms with E-state index in [0.717, 1.165) is 11.3 Å². The predicted molar refractivity (Wildman–Crippen MR) is 78.8 cm³/mol. The Kier molecular flexibility index (Phi) is 4.71. The molecule has 0 radical (unpaired) electrons. The fourth-order valence-corrected chi connectivity index (χ4v) is 4.27. The number of carbonyl (C=O) groups is 1. The number of rotatable bonds is 6. The lowest BCUT2D eigenvalue weighted by molar-refractivity contribution is 0.0702. The van der Waals surface area contributed by atoms with E-state index in [1.807, 2.05) is 0 Å². The van der Waals surface area contributed by atoms with E-state index in [9.17, 15) is 13.2 Å². The third-order valence-electron chi connectivity index (χ3n) is 2.84. The molecule has 0 aliphatic heterocycles. The molecule has 0 unspecified atom stereocenters. The molecule has 2 rings (SSSR count). The van der Waals surface area contributed by atoms with Crippen LogP contribution in [0.25, 0.3) is 0 Å². The summed E-state index contributed by atoms with van der Waals surface area (Å²) in [6.07, 6.45) is 1.60. The predicted octanol–water partition coefficient (Wildman–Crippen LogP) is 2.05. The molecule has 21 heavy (non-hydrogen) atoms. The molecule has 8 heteroatoms. The largest absolute Gasteiger partial charge is 0.477 e. The quantitative estimate of drug-likeness (QED) is 0.878. The molecule has 0 saturated heterocycles. The van der Waals surface area contributed by atoms with Crippen molar-refractivity contribution in [2.45, 2.75) is 18.4 Å². The van der Waals surface area contributed by atoms with E-state index in [2.05, 4.69) is 4.98 Å². The monoisotopic (exact) mass is 326 g/mol. The highest BCUT2D eigenvalue weighted by Gasteiger charge is 2.25. The molecule has 2 heterocycles. The van der Waals surface area contributed by atoms with Gasteiger partial charge in [-0.2, -0.15) is 4.31 Å². The van der Waals surface area contributed by atoms with Gasteiger partial charge in [-0.05, 0) is 18.2 Å². The second-order valence-corrected chi connectivity index (χ2v) is 7.05. The molecule has 0 aliphatic carbocycles. The highest BCUT2D eigenvalue weighted by molar-refractivity contribution is 7.89. The number of carboxylic acid groups (broad SMARTS) is 1. The van der Waals surface area contributed by atoms with E-state index in [-0.39, 0.29) is 22.9 Å². The van der Waals surface area contributed by atoms with Gasteiger partial charge in [0, 0.05) is 18.1 Å². The van der Waals surface area contributed by atoms with Crippen molar-refractivity contribution in [3.8, 4) is 0 Å². The van der Waals surface area contributed by atoms with Crippen LogP contribution >= 0.6 is 11.3 Å². The Labute approximate surface area is 126 Å². The number of aromatic nitrogens is 1. The van der Waals surface area contributed by atoms with Gasteiger partial charge in [0.15, 0.2) is 0 Å². The van der Waals surface area contributed by atoms with Gasteiger partial charge in [0.05, 0.1) is 17.1 Å². The van der Waals surface area contributed by atoms with E-state index in [4.69, 9.17) is 5.11 Å². The first-order valence-electron chi connectivity index (χ1n) is 6.17. The van der Waals surface area contributed by atoms with Crippen LogP contribution in [0.5, 0.6) is 0 Å². The minimum absolute atomic E-state index is 0.00228. The first-order valence-corrected chi connectivity index (χ1v) is 8.49. The van der Waals surface area contributed by atoms with Gasteiger partial charge in [-0.15, -0.1) is 11.3 Å². The minimum Gasteiger partial charge on any atom is -0.477 e. The molecule has 0 bridgehead atoms. The summed E-state index contributed by atoms with van der Waals surface area (Å²) in [7, 11) is -3.72. The molecule has 0 aromatic carbocycles. The molecular weight excluding hydrogens is 312 g/mol. The fourth-order valence-electron chi connectivity index (χ4n) is 1.75. The Morgan fingerprint density at radius 1 is 1.43 bits per heavy atom. The first kappa shape index (κ1) is 15.6. The summed E-state index contributed by atoms with van der Waals surface area (Å²) < 4.78 is 26.3. The standard InChI is InChI=1S/C13H14N2O4S2/c1-2-15(8-10-5-3-4-6-14-10)21(18,19)11-7-12(13(16)17)20-9-11/h3-7,9H,2,8H2,1H3,(H,16,17). The van der Waals surface area contributed by atoms with Crippen molar-refractivity contribution in [2.24, 2.45) is 0 Å². The summed E-state index contributed by atoms with van der Waals surface area (Å²) in [5.74, 6) is -1.13. The molecule has 2 aromatic heterocycles. The molecule has 0 spiro atoms. The lowest BCUT2D eigenvalue weighted by Crippen LogP contribution is -2.30. The lowest BCUT2D eigenvalue weighted by atomic mass is 10.3. The van der Waals surface area contributed by atoms with Gasteiger partial charge in [0.2, 0.25) is 10.0 Å². The van der Waals surface area contributed by atoms with Crippen molar-refractivity contribution >= 4 is 27.3 Å². The van der Waals surface area contributed by atoms with Crippen LogP contribution in [-0.4, -0.2) is 35.3 Å². The number of sulfonamides is 1. The van der Waals surface area contributed by atoms with Gasteiger partial charge >= 0.3 is 5.97 Å². The minimum atomic E-state index is -3.72. The molecule has 0 saturated carbocycles. The zero-order valence-electron chi connectivity index (χ0n) is 11.3. The van der Waals surface area contributed by atoms with Gasteiger partial charge in [-0.3, -0.25) is 4.98 Å². The summed E-state index contributed by atoms with van der Waals surface area (Å²) in [6.45, 7) is 2.15. The number of aromatic carboxylic acids is 1. The SMILES string of the molecule is CCN(Cc1ccccn1)S(=O)(=O)c1csc(C(=O)O)c1. The molecule has 0 amide bonds. The van der Waals surface area contributed by atoms with E-state index < -0.39 is 16.0 Å². The second-order valence-electron chi connectivity index (χ2n) is 4.20. The molecule has 0 fully saturated rings. The number of hydrogen-bond donors (Lipinski definition) is 1. The van der Waals surface area contributed by atoms with E-state index in [0.29, 0.717) is 5.69 Å². The number of nitrogens with zero attached hydrogens (tertiary/aromatic N) is 2. The normalized spacial score (nSPS) is 11.7. The third kappa shape index (κ3) is 3.46. The molecule has 2 aromatic rings. The summed E-state index contributed by atoms with van der Waals surface area (Å²) in [4.78, 5) is 15.0. The number of hydrogen-bond acceptors (Lipinski definition) is 5. The lowest BCUT2D eigenvalue weighted by Gasteiger charge is -2.19. The Balaban J connectivity index is 2.28. The number of thiophene rings is 1. The van der Waals surface area contributed by atoms with Crippen molar-refractivity contribution in [3.63, 3.8) is 0 Å². The van der Waals surface area contributed by atoms with Crippen molar-refractivity contribution in [2.75, 3.05) is 6.54 Å². The fraction of sp³-hybridized carbons (Fsp3) is 0.231. The highest BCUT2D eigenvalue weighted by atomic mass is 32.2. The summed E-state index contributed by atoms with van der Waals surface area (Å²) in [6, 6.07) is 6.47. The maximum atomic E-state index is 12.5. The van der Waals surface area contributed by atoms with E-state index >= 15 is 0 Å². The van der Waals surface area contributed by atoms with Crippen molar-refractivity contribution in [3.05, 3.63) is 46.4 Å². The zero-order valence-corrected chi connectivity index (χ0v) is 12.9. The van der Waals surface area contributed by atoms with E-state index in [1.165, 1.54) is 15.8 Å². The van der Waals surface area contributed by atoms with Crippen LogP contribution in [0, 0.1) is 0 Å². The van der Waals surface area contributed by atoms with Gasteiger partial charge in [0.25, 0.3) is 0 Å². The molecule has 112 valence electrons. The van der Waals surface area contributed by atoms with Crippen LogP contribution in [0.4, 0.5) is 0 Å². The Morgan fingerprint density at radius 2 is 2.19 bits per heavy atom. The van der Waals surface area contributed by atoms with Crippen LogP contribution in [0.15, 0.2) is 40.7 Å². The topological polar surface area (TPSA) is 87.6 Å². The van der Waals surface area contributed by atoms with Crippen LogP contribution in [0.1, 0.15) is 22.3 Å². The maximum absolute atomic E-state index is 12.5. The third-order valence-corrected chi connectivity index (χ3v) is 5.81. The van der Waals surface area contributed by atoms with Crippen molar-refractivity contribution in [1.82, 2.24) is 9.29 Å². The Morgan fingerprint density at radius 3 is 2.71 bits per heavy atom. The molecular formula is C13H14N2O4S2. The molecule has 1 N–H and O–H groups in total. The van der Waals surface area contributed by atoms with Gasteiger partial charge < -0.3 is 5.11 Å². The second kappa shape index (κ2) is 6.33. The van der Waals surface area contributed by atoms with Crippen LogP contribution in [0.3, 0.4) is 0 Å². The average Bonchev–Trinajstić information content (AvgIpc) is 2.96. The van der Waals surface area contributed by atoms with Gasteiger partial charge in [0.1, 0.15) is 4.88 Å². The zero-order chi connectivity index (χ0) is 15.5. The average molecular weight is 326 g/mol. The smallest absolute Gasteiger partial charge is 0.345 e. The van der Waals surface area contributed by atoms with Crippen molar-refractivity contribution in [1.29, 1.82) is 0 Å². The molecule has 0 atom stereocenters. The summed E-state index contributed by atoms with van der Waals surface area (Å²) in [5, 5.41) is 10.2. The number of pyridine rings is 1. The number of carboxylic acids is 1. The van der Waals surface area contributed by atoms with Crippen LogP contribution < -0.4 is 0 Å². The molecule has 0 aliphatic rings.